The minimum absolute atomic E-state index is 0.0816. The molecule has 10 rings (SSSR count). The van der Waals surface area contributed by atoms with Gasteiger partial charge in [-0.05, 0) is 74.3 Å². The fourth-order valence-corrected chi connectivity index (χ4v) is 15.8. The number of ether oxygens (including phenoxy) is 2. The summed E-state index contributed by atoms with van der Waals surface area (Å²) >= 11 is 0. The number of aryl methyl sites for hydroxylation is 1. The first-order valence-electron chi connectivity index (χ1n) is 22.3. The van der Waals surface area contributed by atoms with Crippen molar-refractivity contribution >= 4 is 36.3 Å². The number of esters is 1. The maximum atomic E-state index is 15.2. The van der Waals surface area contributed by atoms with Gasteiger partial charge in [-0.25, -0.2) is 9.59 Å². The number of nitrogens with zero attached hydrogens (tertiary/aromatic N) is 1. The molecule has 63 heavy (non-hydrogen) atoms. The van der Waals surface area contributed by atoms with Crippen molar-refractivity contribution in [2.24, 2.45) is 5.41 Å². The Morgan fingerprint density at radius 3 is 2.00 bits per heavy atom. The van der Waals surface area contributed by atoms with E-state index in [9.17, 15) is 4.79 Å². The highest BCUT2D eigenvalue weighted by atomic mass is 28.4. The normalized spacial score (nSPS) is 20.0. The molecule has 3 heterocycles. The molecule has 0 saturated carbocycles. The van der Waals surface area contributed by atoms with Crippen molar-refractivity contribution < 1.29 is 27.9 Å². The molecule has 5 aromatic carbocycles. The van der Waals surface area contributed by atoms with Crippen molar-refractivity contribution in [2.45, 2.75) is 63.1 Å². The summed E-state index contributed by atoms with van der Waals surface area (Å²) in [5.41, 5.74) is 7.10. The van der Waals surface area contributed by atoms with Crippen LogP contribution in [-0.2, 0) is 20.3 Å². The van der Waals surface area contributed by atoms with E-state index < -0.39 is 19.8 Å². The van der Waals surface area contributed by atoms with Gasteiger partial charge in [-0.3, -0.25) is 4.90 Å². The van der Waals surface area contributed by atoms with Crippen LogP contribution in [0.15, 0.2) is 156 Å². The second-order valence-corrected chi connectivity index (χ2v) is 22.8. The smallest absolute Gasteiger partial charge is 0.410 e. The molecule has 9 heteroatoms. The number of carbonyl (C=O) groups is 2. The van der Waals surface area contributed by atoms with Gasteiger partial charge in [0.1, 0.15) is 24.2 Å². The van der Waals surface area contributed by atoms with Crippen LogP contribution < -0.4 is 15.7 Å². The lowest BCUT2D eigenvalue weighted by atomic mass is 9.74. The van der Waals surface area contributed by atoms with Crippen LogP contribution in [0.2, 0.25) is 5.04 Å². The molecule has 1 aromatic heterocycles. The molecule has 1 amide bonds. The quantitative estimate of drug-likeness (QED) is 0.0745. The van der Waals surface area contributed by atoms with Crippen molar-refractivity contribution in [3.63, 3.8) is 0 Å². The van der Waals surface area contributed by atoms with Gasteiger partial charge in [-0.1, -0.05) is 154 Å². The predicted molar refractivity (Wildman–Crippen MR) is 249 cm³/mol. The van der Waals surface area contributed by atoms with Crippen LogP contribution in [0, 0.1) is 5.41 Å². The van der Waals surface area contributed by atoms with Crippen LogP contribution >= 0.6 is 0 Å². The van der Waals surface area contributed by atoms with Crippen LogP contribution in [0.5, 0.6) is 0 Å². The maximum absolute atomic E-state index is 15.2. The van der Waals surface area contributed by atoms with Crippen LogP contribution in [0.25, 0.3) is 16.7 Å². The number of furan rings is 1. The standard InChI is InChI=1S/C54H54N2O6Si/c1-53(2,3)63(40-21-9-5-10-22-40,41-23-11-6-12-24-41)61-34-38-33-54-36-55-30-29-48(54)46-32-39(20-17-31-59-51(57)37-18-7-4-8-19-37)62-49(46)50(54)56(38)52(58)60-35-47-44-27-15-13-25-42(44)43-26-14-16-28-45(43)47/h4-16,18-19,21-29,32,38,47,50,55H,17,20,30-31,33-36H2,1-3H3/t38-,50+,54+/m0/s1. The van der Waals surface area contributed by atoms with Gasteiger partial charge in [-0.2, -0.15) is 0 Å². The van der Waals surface area contributed by atoms with E-state index in [1.165, 1.54) is 38.2 Å². The molecule has 0 radical (unpaired) electrons. The zero-order valence-electron chi connectivity index (χ0n) is 36.2. The Labute approximate surface area is 371 Å². The molecule has 1 fully saturated rings. The maximum Gasteiger partial charge on any atom is 0.410 e. The first kappa shape index (κ1) is 41.0. The van der Waals surface area contributed by atoms with Gasteiger partial charge in [0, 0.05) is 36.4 Å². The molecule has 1 N–H and O–H groups in total. The molecule has 0 bridgehead atoms. The fourth-order valence-electron chi connectivity index (χ4n) is 11.2. The van der Waals surface area contributed by atoms with E-state index in [-0.39, 0.29) is 42.3 Å². The zero-order valence-corrected chi connectivity index (χ0v) is 37.2. The average molecular weight is 855 g/mol. The summed E-state index contributed by atoms with van der Waals surface area (Å²) in [4.78, 5) is 29.9. The number of amides is 1. The van der Waals surface area contributed by atoms with E-state index in [0.717, 1.165) is 23.6 Å². The first-order chi connectivity index (χ1) is 30.7. The van der Waals surface area contributed by atoms with Crippen molar-refractivity contribution in [1.82, 2.24) is 10.2 Å². The van der Waals surface area contributed by atoms with Crippen molar-refractivity contribution in [2.75, 3.05) is 32.9 Å². The number of fused-ring (bicyclic) bond motifs is 6. The van der Waals surface area contributed by atoms with Crippen LogP contribution in [0.1, 0.15) is 84.1 Å². The Kier molecular flexibility index (Phi) is 10.8. The van der Waals surface area contributed by atoms with Crippen LogP contribution in [-0.4, -0.2) is 64.2 Å². The lowest BCUT2D eigenvalue weighted by molar-refractivity contribution is 0.0498. The Bertz CT molecular complexity index is 2570. The third-order valence-electron chi connectivity index (χ3n) is 13.8. The van der Waals surface area contributed by atoms with Crippen LogP contribution in [0.4, 0.5) is 4.79 Å². The molecule has 1 saturated heterocycles. The number of nitrogens with one attached hydrogen (secondary N) is 1. The summed E-state index contributed by atoms with van der Waals surface area (Å²) in [6.07, 6.45) is 3.80. The molecule has 6 aromatic rings. The van der Waals surface area contributed by atoms with Gasteiger partial charge < -0.3 is 23.6 Å². The minimum atomic E-state index is -2.97. The van der Waals surface area contributed by atoms with Gasteiger partial charge in [0.05, 0.1) is 24.8 Å². The third kappa shape index (κ3) is 7.07. The number of rotatable bonds is 12. The summed E-state index contributed by atoms with van der Waals surface area (Å²) in [5, 5.41) is 5.82. The molecule has 2 aliphatic carbocycles. The first-order valence-corrected chi connectivity index (χ1v) is 24.3. The number of carbonyl (C=O) groups excluding carboxylic acids is 2. The Morgan fingerprint density at radius 2 is 1.37 bits per heavy atom. The van der Waals surface area contributed by atoms with E-state index in [4.69, 9.17) is 18.3 Å². The molecule has 8 nitrogen and oxygen atoms in total. The van der Waals surface area contributed by atoms with E-state index in [1.54, 1.807) is 12.1 Å². The highest BCUT2D eigenvalue weighted by Crippen LogP contribution is 2.65. The lowest BCUT2D eigenvalue weighted by Gasteiger charge is -2.44. The van der Waals surface area contributed by atoms with Crippen molar-refractivity contribution in [1.29, 1.82) is 0 Å². The average Bonchev–Trinajstić information content (AvgIpc) is 4.03. The summed E-state index contributed by atoms with van der Waals surface area (Å²) in [6.45, 7) is 9.10. The molecule has 4 aliphatic rings. The number of hydrogen-bond acceptors (Lipinski definition) is 7. The van der Waals surface area contributed by atoms with Gasteiger partial charge in [0.2, 0.25) is 0 Å². The van der Waals surface area contributed by atoms with Gasteiger partial charge in [-0.15, -0.1) is 0 Å². The van der Waals surface area contributed by atoms with Crippen molar-refractivity contribution in [3.05, 3.63) is 185 Å². The summed E-state index contributed by atoms with van der Waals surface area (Å²) < 4.78 is 26.7. The minimum Gasteiger partial charge on any atom is -0.463 e. The number of likely N-dealkylation sites (tertiary alicyclic amines) is 1. The molecule has 320 valence electrons. The lowest BCUT2D eigenvalue weighted by Crippen LogP contribution is -2.67. The van der Waals surface area contributed by atoms with Crippen molar-refractivity contribution in [3.8, 4) is 11.1 Å². The van der Waals surface area contributed by atoms with E-state index >= 15 is 4.79 Å². The van der Waals surface area contributed by atoms with Gasteiger partial charge >= 0.3 is 12.1 Å². The van der Waals surface area contributed by atoms with Gasteiger partial charge in [0.15, 0.2) is 0 Å². The third-order valence-corrected chi connectivity index (χ3v) is 18.8. The number of hydrogen-bond donors (Lipinski definition) is 1. The van der Waals surface area contributed by atoms with E-state index in [2.05, 4.69) is 147 Å². The molecule has 0 unspecified atom stereocenters. The summed E-state index contributed by atoms with van der Waals surface area (Å²) in [5.74, 6) is 1.19. The second kappa shape index (κ2) is 16.6. The molecule has 2 aliphatic heterocycles. The number of benzene rings is 5. The summed E-state index contributed by atoms with van der Waals surface area (Å²) in [7, 11) is -2.97. The largest absolute Gasteiger partial charge is 0.463 e. The van der Waals surface area contributed by atoms with E-state index in [0.29, 0.717) is 38.0 Å². The predicted octanol–water partition coefficient (Wildman–Crippen LogP) is 9.70. The fraction of sp³-hybridized carbons (Fsp3) is 0.296. The molecular weight excluding hydrogens is 801 g/mol. The Balaban J connectivity index is 0.989. The van der Waals surface area contributed by atoms with E-state index in [1.807, 2.05) is 23.1 Å². The Morgan fingerprint density at radius 1 is 0.762 bits per heavy atom. The highest BCUT2D eigenvalue weighted by Gasteiger charge is 2.64. The summed E-state index contributed by atoms with van der Waals surface area (Å²) in [6, 6.07) is 48.7. The topological polar surface area (TPSA) is 90.2 Å². The Hall–Kier alpha value is -6.00. The molecule has 1 spiro atoms. The monoisotopic (exact) mass is 854 g/mol. The highest BCUT2D eigenvalue weighted by molar-refractivity contribution is 6.99. The van der Waals surface area contributed by atoms with Gasteiger partial charge in [0.25, 0.3) is 8.32 Å². The molecule has 3 atom stereocenters. The molecular formula is C54H54N2O6Si. The second-order valence-electron chi connectivity index (χ2n) is 18.4. The van der Waals surface area contributed by atoms with Crippen LogP contribution in [0.3, 0.4) is 0 Å². The SMILES string of the molecule is CC(C)(C)[Si](OC[C@@H]1C[C@@]23CNCC=C2c2cc(CCCOC(=O)c4ccccc4)oc2[C@H]3N1C(=O)OCC1c2ccccc2-c2ccccc21)(c1ccccc1)c1ccccc1. The zero-order chi connectivity index (χ0) is 43.2.